The Morgan fingerprint density at radius 1 is 1.09 bits per heavy atom. The summed E-state index contributed by atoms with van der Waals surface area (Å²) < 4.78 is 15.4. The lowest BCUT2D eigenvalue weighted by molar-refractivity contribution is 0.0243. The number of pyridine rings is 1. The second-order valence-electron chi connectivity index (χ2n) is 7.01. The molecule has 2 aromatic rings. The summed E-state index contributed by atoms with van der Waals surface area (Å²) in [6.45, 7) is 5.27. The summed E-state index contributed by atoms with van der Waals surface area (Å²) in [6.07, 6.45) is 0.604. The van der Waals surface area contributed by atoms with Crippen molar-refractivity contribution in [2.24, 2.45) is 10.2 Å². The number of esters is 1. The summed E-state index contributed by atoms with van der Waals surface area (Å²) in [5.41, 5.74) is 0.200. The molecule has 0 radical (unpaired) electrons. The summed E-state index contributed by atoms with van der Waals surface area (Å²) in [5.74, 6) is -1.00. The summed E-state index contributed by atoms with van der Waals surface area (Å²) in [6, 6.07) is 7.84. The van der Waals surface area contributed by atoms with Crippen molar-refractivity contribution in [3.05, 3.63) is 51.3 Å². The standard InChI is InChI=1S/C23H26N4O7/c1-4-6-11-27-20(28)18(14-24)15(3)19(21(27)29)26-25-17-9-7-16(8-10-17)22(30)33-12-13-34-23(31)32-5-2/h7-10,28H,4-6,11-13H2,1-3H3. The van der Waals surface area contributed by atoms with Gasteiger partial charge in [0, 0.05) is 12.1 Å². The van der Waals surface area contributed by atoms with Gasteiger partial charge in [-0.05, 0) is 44.5 Å². The molecule has 0 aliphatic carbocycles. The van der Waals surface area contributed by atoms with Crippen molar-refractivity contribution < 1.29 is 28.9 Å². The summed E-state index contributed by atoms with van der Waals surface area (Å²) in [7, 11) is 0. The molecule has 0 atom stereocenters. The lowest BCUT2D eigenvalue weighted by atomic mass is 10.1. The van der Waals surface area contributed by atoms with Crippen molar-refractivity contribution in [2.75, 3.05) is 19.8 Å². The van der Waals surface area contributed by atoms with Gasteiger partial charge in [0.05, 0.1) is 17.9 Å². The minimum atomic E-state index is -0.837. The molecular formula is C23H26N4O7. The van der Waals surface area contributed by atoms with Crippen LogP contribution in [0, 0.1) is 18.3 Å². The fraction of sp³-hybridized carbons (Fsp3) is 0.391. The van der Waals surface area contributed by atoms with Crippen molar-refractivity contribution in [3.63, 3.8) is 0 Å². The van der Waals surface area contributed by atoms with E-state index in [0.29, 0.717) is 12.1 Å². The van der Waals surface area contributed by atoms with Crippen LogP contribution < -0.4 is 5.56 Å². The zero-order valence-electron chi connectivity index (χ0n) is 19.2. The lowest BCUT2D eigenvalue weighted by Gasteiger charge is -2.12. The van der Waals surface area contributed by atoms with E-state index in [0.717, 1.165) is 11.0 Å². The topological polar surface area (TPSA) is 153 Å². The number of azo groups is 1. The smallest absolute Gasteiger partial charge is 0.493 e. The zero-order valence-corrected chi connectivity index (χ0v) is 19.2. The van der Waals surface area contributed by atoms with Gasteiger partial charge in [0.1, 0.15) is 24.8 Å². The number of nitriles is 1. The van der Waals surface area contributed by atoms with Gasteiger partial charge in [0.2, 0.25) is 5.88 Å². The predicted octanol–water partition coefficient (Wildman–Crippen LogP) is 4.28. The van der Waals surface area contributed by atoms with Gasteiger partial charge in [-0.15, -0.1) is 5.11 Å². The SMILES string of the molecule is CCCCn1c(O)c(C#N)c(C)c(N=Nc2ccc(C(=O)OCCOC(=O)OCC)cc2)c1=O. The minimum absolute atomic E-state index is 0.0327. The average Bonchev–Trinajstić information content (AvgIpc) is 2.82. The zero-order chi connectivity index (χ0) is 25.1. The van der Waals surface area contributed by atoms with Crippen LogP contribution in [0.4, 0.5) is 16.2 Å². The monoisotopic (exact) mass is 470 g/mol. The highest BCUT2D eigenvalue weighted by atomic mass is 16.7. The van der Waals surface area contributed by atoms with Crippen LogP contribution in [0.1, 0.15) is 48.2 Å². The van der Waals surface area contributed by atoms with Gasteiger partial charge in [-0.2, -0.15) is 10.4 Å². The quantitative estimate of drug-likeness (QED) is 0.307. The Kier molecular flexibility index (Phi) is 9.76. The van der Waals surface area contributed by atoms with Crippen LogP contribution in [-0.2, 0) is 20.8 Å². The largest absolute Gasteiger partial charge is 0.508 e. The second-order valence-corrected chi connectivity index (χ2v) is 7.01. The van der Waals surface area contributed by atoms with Gasteiger partial charge in [-0.25, -0.2) is 9.59 Å². The number of benzene rings is 1. The fourth-order valence-corrected chi connectivity index (χ4v) is 2.85. The molecular weight excluding hydrogens is 444 g/mol. The molecule has 0 fully saturated rings. The van der Waals surface area contributed by atoms with Crippen molar-refractivity contribution in [1.82, 2.24) is 4.57 Å². The van der Waals surface area contributed by atoms with Gasteiger partial charge in [-0.1, -0.05) is 13.3 Å². The van der Waals surface area contributed by atoms with E-state index in [1.807, 2.05) is 13.0 Å². The number of carbonyl (C=O) groups excluding carboxylic acids is 2. The highest BCUT2D eigenvalue weighted by Crippen LogP contribution is 2.27. The first-order chi connectivity index (χ1) is 16.3. The van der Waals surface area contributed by atoms with Crippen LogP contribution >= 0.6 is 0 Å². The maximum atomic E-state index is 12.8. The van der Waals surface area contributed by atoms with Gasteiger partial charge in [0.25, 0.3) is 5.56 Å². The van der Waals surface area contributed by atoms with E-state index in [1.54, 1.807) is 6.92 Å². The Morgan fingerprint density at radius 2 is 1.76 bits per heavy atom. The van der Waals surface area contributed by atoms with Crippen LogP contribution in [-0.4, -0.2) is 41.6 Å². The third kappa shape index (κ3) is 6.65. The van der Waals surface area contributed by atoms with E-state index < -0.39 is 17.7 Å². The summed E-state index contributed by atoms with van der Waals surface area (Å²) >= 11 is 0. The number of aromatic hydroxyl groups is 1. The number of ether oxygens (including phenoxy) is 3. The van der Waals surface area contributed by atoms with Crippen LogP contribution in [0.5, 0.6) is 5.88 Å². The number of unbranched alkanes of at least 4 members (excludes halogenated alkanes) is 1. The average molecular weight is 470 g/mol. The molecule has 1 aromatic carbocycles. The third-order valence-corrected chi connectivity index (χ3v) is 4.67. The van der Waals surface area contributed by atoms with E-state index >= 15 is 0 Å². The second kappa shape index (κ2) is 12.7. The number of rotatable bonds is 10. The molecule has 1 heterocycles. The maximum absolute atomic E-state index is 12.8. The number of hydrogen-bond acceptors (Lipinski definition) is 10. The molecule has 0 saturated carbocycles. The number of carbonyl (C=O) groups is 2. The van der Waals surface area contributed by atoms with E-state index in [2.05, 4.69) is 15.0 Å². The molecule has 0 saturated heterocycles. The molecule has 0 aliphatic heterocycles. The molecule has 1 aromatic heterocycles. The maximum Gasteiger partial charge on any atom is 0.508 e. The normalized spacial score (nSPS) is 10.6. The molecule has 34 heavy (non-hydrogen) atoms. The van der Waals surface area contributed by atoms with E-state index in [4.69, 9.17) is 9.47 Å². The van der Waals surface area contributed by atoms with Crippen molar-refractivity contribution in [3.8, 4) is 11.9 Å². The highest BCUT2D eigenvalue weighted by molar-refractivity contribution is 5.89. The first kappa shape index (κ1) is 26.1. The minimum Gasteiger partial charge on any atom is -0.493 e. The molecule has 1 N–H and O–H groups in total. The molecule has 11 heteroatoms. The summed E-state index contributed by atoms with van der Waals surface area (Å²) in [5, 5.41) is 27.7. The van der Waals surface area contributed by atoms with Crippen LogP contribution in [0.25, 0.3) is 0 Å². The highest BCUT2D eigenvalue weighted by Gasteiger charge is 2.19. The molecule has 0 amide bonds. The first-order valence-corrected chi connectivity index (χ1v) is 10.7. The van der Waals surface area contributed by atoms with E-state index in [9.17, 15) is 24.8 Å². The molecule has 0 unspecified atom stereocenters. The van der Waals surface area contributed by atoms with Crippen molar-refractivity contribution in [1.29, 1.82) is 5.26 Å². The van der Waals surface area contributed by atoms with Gasteiger partial charge in [-0.3, -0.25) is 9.36 Å². The van der Waals surface area contributed by atoms with Crippen LogP contribution in [0.3, 0.4) is 0 Å². The van der Waals surface area contributed by atoms with Crippen molar-refractivity contribution in [2.45, 2.75) is 40.2 Å². The lowest BCUT2D eigenvalue weighted by Crippen LogP contribution is -2.22. The van der Waals surface area contributed by atoms with Crippen molar-refractivity contribution >= 4 is 23.5 Å². The fourth-order valence-electron chi connectivity index (χ4n) is 2.85. The Bertz CT molecular complexity index is 1150. The Morgan fingerprint density at radius 3 is 2.38 bits per heavy atom. The number of nitrogens with zero attached hydrogens (tertiary/aromatic N) is 4. The van der Waals surface area contributed by atoms with E-state index in [-0.39, 0.29) is 54.6 Å². The van der Waals surface area contributed by atoms with Crippen LogP contribution in [0.2, 0.25) is 0 Å². The molecule has 0 aliphatic rings. The van der Waals surface area contributed by atoms with Gasteiger partial charge in [0.15, 0.2) is 5.69 Å². The molecule has 180 valence electrons. The third-order valence-electron chi connectivity index (χ3n) is 4.67. The van der Waals surface area contributed by atoms with E-state index in [1.165, 1.54) is 31.2 Å². The number of hydrogen-bond donors (Lipinski definition) is 1. The van der Waals surface area contributed by atoms with Crippen LogP contribution in [0.15, 0.2) is 39.3 Å². The van der Waals surface area contributed by atoms with Gasteiger partial charge < -0.3 is 19.3 Å². The summed E-state index contributed by atoms with van der Waals surface area (Å²) in [4.78, 5) is 35.9. The Labute approximate surface area is 196 Å². The molecule has 0 spiro atoms. The Hall–Kier alpha value is -4.20. The predicted molar refractivity (Wildman–Crippen MR) is 121 cm³/mol. The molecule has 2 rings (SSSR count). The number of aromatic nitrogens is 1. The molecule has 0 bridgehead atoms. The Balaban J connectivity index is 2.12. The van der Waals surface area contributed by atoms with Gasteiger partial charge >= 0.3 is 12.1 Å². The first-order valence-electron chi connectivity index (χ1n) is 10.7. The molecule has 11 nitrogen and oxygen atoms in total.